The van der Waals surface area contributed by atoms with Crippen LogP contribution in [0, 0.1) is 3.57 Å². The lowest BCUT2D eigenvalue weighted by Gasteiger charge is -2.25. The van der Waals surface area contributed by atoms with Crippen LogP contribution in [-0.2, 0) is 0 Å². The molecule has 12 rings (SSSR count). The van der Waals surface area contributed by atoms with E-state index in [-0.39, 0.29) is 0 Å². The average Bonchev–Trinajstić information content (AvgIpc) is 3.89. The van der Waals surface area contributed by atoms with E-state index in [0.29, 0.717) is 0 Å². The topological polar surface area (TPSA) is 25.1 Å². The summed E-state index contributed by atoms with van der Waals surface area (Å²) in [6, 6.07) is 88.0. The molecule has 7 heteroatoms. The van der Waals surface area contributed by atoms with Crippen molar-refractivity contribution in [3.05, 3.63) is 268 Å². The molecule has 2 aromatic heterocycles. The number of aromatic nitrogens is 2. The number of halogens is 3. The van der Waals surface area contributed by atoms with E-state index < -0.39 is 0 Å². The lowest BCUT2D eigenvalue weighted by Crippen LogP contribution is -2.09. The summed E-state index contributed by atoms with van der Waals surface area (Å²) in [6.07, 6.45) is 0. The van der Waals surface area contributed by atoms with Crippen LogP contribution in [0.15, 0.2) is 255 Å². The molecule has 0 unspecified atom stereocenters. The van der Waals surface area contributed by atoms with Crippen molar-refractivity contribution in [2.24, 2.45) is 0 Å². The highest BCUT2D eigenvalue weighted by atomic mass is 127. The van der Waals surface area contributed by atoms with Crippen LogP contribution >= 0.6 is 45.8 Å². The summed E-state index contributed by atoms with van der Waals surface area (Å²) in [5, 5.41) is 10.1. The summed E-state index contributed by atoms with van der Waals surface area (Å²) in [5.41, 5.74) is 12.6. The smallest absolute Gasteiger partial charge is 0.0561 e. The molecule has 0 aliphatic carbocycles. The Bertz CT molecular complexity index is 3540. The average molecular weight is 1020 g/mol. The summed E-state index contributed by atoms with van der Waals surface area (Å²) < 4.78 is 5.90. The zero-order valence-corrected chi connectivity index (χ0v) is 39.9. The summed E-state index contributed by atoms with van der Waals surface area (Å²) in [7, 11) is 0. The van der Waals surface area contributed by atoms with Gasteiger partial charge in [0.15, 0.2) is 0 Å². The molecule has 2 heterocycles. The van der Waals surface area contributed by atoms with E-state index in [1.165, 1.54) is 52.9 Å². The molecule has 0 saturated heterocycles. The first-order valence-electron chi connectivity index (χ1n) is 22.0. The predicted molar refractivity (Wildman–Crippen MR) is 295 cm³/mol. The zero-order chi connectivity index (χ0) is 45.5. The number of para-hydroxylation sites is 6. The first kappa shape index (κ1) is 43.6. The third-order valence-corrected chi connectivity index (χ3v) is 12.8. The number of benzene rings is 10. The summed E-state index contributed by atoms with van der Waals surface area (Å²) in [4.78, 5) is 2.27. The van der Waals surface area contributed by atoms with E-state index in [9.17, 15) is 0 Å². The molecule has 10 aromatic carbocycles. The Kier molecular flexibility index (Phi) is 13.1. The quantitative estimate of drug-likeness (QED) is 0.161. The van der Waals surface area contributed by atoms with Gasteiger partial charge in [-0.1, -0.05) is 145 Å². The van der Waals surface area contributed by atoms with Crippen molar-refractivity contribution in [1.82, 2.24) is 9.13 Å². The number of rotatable bonds is 7. The van der Waals surface area contributed by atoms with Gasteiger partial charge in [-0.25, -0.2) is 0 Å². The maximum absolute atomic E-state index is 6.20. The third-order valence-electron chi connectivity index (χ3n) is 11.6. The van der Waals surface area contributed by atoms with E-state index in [0.717, 1.165) is 44.2 Å². The fourth-order valence-electron chi connectivity index (χ4n) is 8.59. The van der Waals surface area contributed by atoms with Crippen molar-refractivity contribution in [3.63, 3.8) is 0 Å². The normalized spacial score (nSPS) is 10.9. The van der Waals surface area contributed by atoms with Crippen molar-refractivity contribution in [2.75, 3.05) is 10.2 Å². The van der Waals surface area contributed by atoms with E-state index in [2.05, 4.69) is 236 Å². The second-order valence-corrected chi connectivity index (χ2v) is 18.0. The van der Waals surface area contributed by atoms with Gasteiger partial charge in [0.25, 0.3) is 0 Å². The van der Waals surface area contributed by atoms with Crippen LogP contribution in [0.2, 0.25) is 10.0 Å². The molecule has 0 amide bonds. The van der Waals surface area contributed by atoms with Gasteiger partial charge >= 0.3 is 0 Å². The minimum Gasteiger partial charge on any atom is -0.355 e. The second-order valence-electron chi connectivity index (χ2n) is 15.9. The highest BCUT2D eigenvalue weighted by Crippen LogP contribution is 2.40. The summed E-state index contributed by atoms with van der Waals surface area (Å²) in [5.74, 6) is 0. The highest BCUT2D eigenvalue weighted by Gasteiger charge is 2.17. The summed E-state index contributed by atoms with van der Waals surface area (Å²) in [6.45, 7) is 0. The molecule has 0 aliphatic rings. The number of hydrogen-bond acceptors (Lipinski definition) is 2. The van der Waals surface area contributed by atoms with Gasteiger partial charge in [0.1, 0.15) is 0 Å². The Morgan fingerprint density at radius 3 is 1.27 bits per heavy atom. The first-order chi connectivity index (χ1) is 33.0. The lowest BCUT2D eigenvalue weighted by molar-refractivity contribution is 1.18. The lowest BCUT2D eigenvalue weighted by atomic mass is 10.1. The molecule has 0 saturated carbocycles. The van der Waals surface area contributed by atoms with Gasteiger partial charge < -0.3 is 19.4 Å². The standard InChI is InChI=1S/C30H21ClN2.C24H18N2.C6H4ClI/c31-22-15-17-25(18-16-22)32(23-9-3-1-4-10-23)26-19-20-28-27-13-7-8-14-29(27)33(30(28)21-26)24-11-5-2-6-12-24;1-3-9-18(10-4-1)25-19-15-16-22-21-13-7-8-14-23(21)26(24(22)17-19)20-11-5-2-6-12-20;7-5-1-3-6(8)4-2-5/h1-21H;1-17,25H;1-4H. The molecular formula is C60H43Cl2IN4. The molecule has 0 bridgehead atoms. The van der Waals surface area contributed by atoms with Gasteiger partial charge in [0.2, 0.25) is 0 Å². The van der Waals surface area contributed by atoms with Crippen molar-refractivity contribution in [3.8, 4) is 11.4 Å². The molecule has 0 aliphatic heterocycles. The van der Waals surface area contributed by atoms with Gasteiger partial charge in [0.05, 0.1) is 22.1 Å². The van der Waals surface area contributed by atoms with E-state index in [4.69, 9.17) is 23.2 Å². The largest absolute Gasteiger partial charge is 0.355 e. The molecule has 12 aromatic rings. The van der Waals surface area contributed by atoms with Crippen LogP contribution in [-0.4, -0.2) is 9.13 Å². The van der Waals surface area contributed by atoms with E-state index >= 15 is 0 Å². The molecule has 67 heavy (non-hydrogen) atoms. The van der Waals surface area contributed by atoms with Crippen LogP contribution in [0.25, 0.3) is 55.0 Å². The monoisotopic (exact) mass is 1020 g/mol. The van der Waals surface area contributed by atoms with Gasteiger partial charge in [-0.05, 0) is 156 Å². The fraction of sp³-hybridized carbons (Fsp3) is 0. The Morgan fingerprint density at radius 2 is 0.731 bits per heavy atom. The maximum Gasteiger partial charge on any atom is 0.0561 e. The molecule has 0 fully saturated rings. The Hall–Kier alpha value is -7.29. The SMILES string of the molecule is Clc1ccc(I)cc1.Clc1ccc(N(c2ccccc2)c2ccc3c4ccccc4n(-c4ccccc4)c3c2)cc1.c1ccc(Nc2ccc3c4ccccc4n(-c4ccccc4)c3c2)cc1. The number of nitrogens with zero attached hydrogens (tertiary/aromatic N) is 3. The van der Waals surface area contributed by atoms with E-state index in [1.807, 2.05) is 60.7 Å². The van der Waals surface area contributed by atoms with Crippen LogP contribution < -0.4 is 10.2 Å². The molecule has 0 spiro atoms. The zero-order valence-electron chi connectivity index (χ0n) is 36.2. The van der Waals surface area contributed by atoms with Crippen molar-refractivity contribution < 1.29 is 0 Å². The van der Waals surface area contributed by atoms with Crippen LogP contribution in [0.1, 0.15) is 0 Å². The Labute approximate surface area is 414 Å². The van der Waals surface area contributed by atoms with E-state index in [1.54, 1.807) is 0 Å². The molecule has 0 atom stereocenters. The van der Waals surface area contributed by atoms with Crippen molar-refractivity contribution >= 4 is 118 Å². The number of hydrogen-bond donors (Lipinski definition) is 1. The fourth-order valence-corrected chi connectivity index (χ4v) is 9.20. The molecule has 4 nitrogen and oxygen atoms in total. The van der Waals surface area contributed by atoms with Crippen LogP contribution in [0.3, 0.4) is 0 Å². The number of nitrogens with one attached hydrogen (secondary N) is 1. The molecule has 324 valence electrons. The minimum absolute atomic E-state index is 0.728. The van der Waals surface area contributed by atoms with Gasteiger partial charge in [-0.15, -0.1) is 0 Å². The van der Waals surface area contributed by atoms with Crippen molar-refractivity contribution in [1.29, 1.82) is 0 Å². The first-order valence-corrected chi connectivity index (χ1v) is 23.8. The minimum atomic E-state index is 0.728. The van der Waals surface area contributed by atoms with Gasteiger partial charge in [-0.3, -0.25) is 0 Å². The van der Waals surface area contributed by atoms with Gasteiger partial charge in [-0.2, -0.15) is 0 Å². The highest BCUT2D eigenvalue weighted by molar-refractivity contribution is 14.1. The second kappa shape index (κ2) is 20.1. The Balaban J connectivity index is 0.000000137. The Morgan fingerprint density at radius 1 is 0.328 bits per heavy atom. The summed E-state index contributed by atoms with van der Waals surface area (Å²) >= 11 is 14.0. The number of fused-ring (bicyclic) bond motifs is 6. The molecule has 0 radical (unpaired) electrons. The van der Waals surface area contributed by atoms with Crippen molar-refractivity contribution in [2.45, 2.75) is 0 Å². The molecular weight excluding hydrogens is 974 g/mol. The predicted octanol–water partition coefficient (Wildman–Crippen LogP) is 18.4. The van der Waals surface area contributed by atoms with Gasteiger partial charge in [0, 0.05) is 75.0 Å². The van der Waals surface area contributed by atoms with Crippen LogP contribution in [0.5, 0.6) is 0 Å². The maximum atomic E-state index is 6.20. The third kappa shape index (κ3) is 9.54. The van der Waals surface area contributed by atoms with Crippen LogP contribution in [0.4, 0.5) is 28.4 Å². The molecule has 1 N–H and O–H groups in total. The number of anilines is 5.